The minimum absolute atomic E-state index is 0. The Hall–Kier alpha value is -1.02. The van der Waals surface area contributed by atoms with Crippen LogP contribution in [-0.2, 0) is 6.42 Å². The van der Waals surface area contributed by atoms with Gasteiger partial charge in [-0.3, -0.25) is 4.99 Å². The summed E-state index contributed by atoms with van der Waals surface area (Å²) >= 11 is 0. The van der Waals surface area contributed by atoms with Crippen molar-refractivity contribution >= 4 is 29.9 Å². The van der Waals surface area contributed by atoms with Crippen molar-refractivity contribution in [2.75, 3.05) is 26.7 Å². The summed E-state index contributed by atoms with van der Waals surface area (Å²) in [5, 5.41) is 16.9. The summed E-state index contributed by atoms with van der Waals surface area (Å²) in [5.74, 6) is 1.65. The number of nitrogens with zero attached hydrogens (tertiary/aromatic N) is 1. The largest absolute Gasteiger partial charge is 0.496 e. The second kappa shape index (κ2) is 12.4. The van der Waals surface area contributed by atoms with Crippen LogP contribution in [-0.4, -0.2) is 43.4 Å². The first-order valence-corrected chi connectivity index (χ1v) is 8.86. The van der Waals surface area contributed by atoms with Gasteiger partial charge in [-0.2, -0.15) is 0 Å². The number of aliphatic imine (C=N–C) groups is 1. The average molecular weight is 463 g/mol. The fourth-order valence-corrected chi connectivity index (χ4v) is 2.46. The summed E-state index contributed by atoms with van der Waals surface area (Å²) in [7, 11) is 1.70. The lowest BCUT2D eigenvalue weighted by Gasteiger charge is -2.23. The van der Waals surface area contributed by atoms with Gasteiger partial charge in [-0.1, -0.05) is 31.5 Å². The van der Waals surface area contributed by atoms with Gasteiger partial charge in [-0.25, -0.2) is 0 Å². The summed E-state index contributed by atoms with van der Waals surface area (Å²) in [6, 6.07) is 6.21. The Morgan fingerprint density at radius 3 is 2.44 bits per heavy atom. The lowest BCUT2D eigenvalue weighted by atomic mass is 9.98. The standard InChI is InChI=1S/C19H33N3O2.HI/c1-6-19(23,7-2)14-22-18(20-8-3)21-12-11-16-13-15(4)9-10-17(16)24-5;/h9-10,13,23H,6-8,11-12,14H2,1-5H3,(H2,20,21,22);1H. The number of nitrogens with one attached hydrogen (secondary N) is 2. The zero-order chi connectivity index (χ0) is 18.0. The highest BCUT2D eigenvalue weighted by atomic mass is 127. The molecule has 1 aromatic carbocycles. The number of hydrogen-bond donors (Lipinski definition) is 3. The zero-order valence-electron chi connectivity index (χ0n) is 16.2. The molecule has 0 fully saturated rings. The van der Waals surface area contributed by atoms with Crippen LogP contribution in [0, 0.1) is 6.92 Å². The van der Waals surface area contributed by atoms with Crippen LogP contribution >= 0.6 is 24.0 Å². The number of methoxy groups -OCH3 is 1. The molecule has 0 aliphatic carbocycles. The smallest absolute Gasteiger partial charge is 0.191 e. The third-order valence-corrected chi connectivity index (χ3v) is 4.31. The van der Waals surface area contributed by atoms with Crippen LogP contribution in [0.25, 0.3) is 0 Å². The normalized spacial score (nSPS) is 11.7. The molecule has 144 valence electrons. The number of rotatable bonds is 9. The number of benzene rings is 1. The Labute approximate surface area is 169 Å². The van der Waals surface area contributed by atoms with Crippen molar-refractivity contribution in [3.63, 3.8) is 0 Å². The van der Waals surface area contributed by atoms with E-state index in [0.29, 0.717) is 19.4 Å². The molecule has 0 aromatic heterocycles. The van der Waals surface area contributed by atoms with Gasteiger partial charge in [0, 0.05) is 13.1 Å². The molecule has 0 aliphatic heterocycles. The van der Waals surface area contributed by atoms with Crippen LogP contribution in [0.1, 0.15) is 44.7 Å². The average Bonchev–Trinajstić information content (AvgIpc) is 2.59. The van der Waals surface area contributed by atoms with Crippen LogP contribution in [0.15, 0.2) is 23.2 Å². The van der Waals surface area contributed by atoms with E-state index in [1.165, 1.54) is 11.1 Å². The zero-order valence-corrected chi connectivity index (χ0v) is 18.5. The highest BCUT2D eigenvalue weighted by Crippen LogP contribution is 2.19. The molecule has 6 heteroatoms. The highest BCUT2D eigenvalue weighted by molar-refractivity contribution is 14.0. The van der Waals surface area contributed by atoms with Gasteiger partial charge < -0.3 is 20.5 Å². The monoisotopic (exact) mass is 463 g/mol. The molecular formula is C19H34IN3O2. The molecule has 0 atom stereocenters. The molecule has 1 rings (SSSR count). The summed E-state index contributed by atoms with van der Waals surface area (Å²) in [4.78, 5) is 4.53. The second-order valence-electron chi connectivity index (χ2n) is 6.12. The lowest BCUT2D eigenvalue weighted by molar-refractivity contribution is 0.0418. The van der Waals surface area contributed by atoms with Gasteiger partial charge in [0.2, 0.25) is 0 Å². The highest BCUT2D eigenvalue weighted by Gasteiger charge is 2.21. The van der Waals surface area contributed by atoms with Crippen LogP contribution in [0.4, 0.5) is 0 Å². The van der Waals surface area contributed by atoms with Crippen molar-refractivity contribution in [2.24, 2.45) is 4.99 Å². The van der Waals surface area contributed by atoms with Crippen LogP contribution in [0.3, 0.4) is 0 Å². The van der Waals surface area contributed by atoms with Gasteiger partial charge in [0.25, 0.3) is 0 Å². The molecule has 0 aliphatic rings. The number of aryl methyl sites for hydroxylation is 1. The van der Waals surface area contributed by atoms with E-state index in [0.717, 1.165) is 31.2 Å². The van der Waals surface area contributed by atoms with E-state index in [4.69, 9.17) is 4.74 Å². The molecule has 0 heterocycles. The number of aliphatic hydroxyl groups is 1. The van der Waals surface area contributed by atoms with Gasteiger partial charge in [0.05, 0.1) is 19.3 Å². The quantitative estimate of drug-likeness (QED) is 0.299. The molecule has 0 saturated heterocycles. The van der Waals surface area contributed by atoms with Crippen molar-refractivity contribution in [1.29, 1.82) is 0 Å². The summed E-state index contributed by atoms with van der Waals surface area (Å²) in [6.45, 7) is 10.0. The molecule has 3 N–H and O–H groups in total. The van der Waals surface area contributed by atoms with Gasteiger partial charge in [0.1, 0.15) is 5.75 Å². The van der Waals surface area contributed by atoms with E-state index in [2.05, 4.69) is 34.7 Å². The second-order valence-corrected chi connectivity index (χ2v) is 6.12. The summed E-state index contributed by atoms with van der Waals surface area (Å²) in [6.07, 6.45) is 2.25. The van der Waals surface area contributed by atoms with Crippen LogP contribution in [0.5, 0.6) is 5.75 Å². The molecule has 0 radical (unpaired) electrons. The van der Waals surface area contributed by atoms with E-state index in [9.17, 15) is 5.11 Å². The lowest BCUT2D eigenvalue weighted by Crippen LogP contribution is -2.40. The predicted molar refractivity (Wildman–Crippen MR) is 116 cm³/mol. The van der Waals surface area contributed by atoms with Gasteiger partial charge in [0.15, 0.2) is 5.96 Å². The van der Waals surface area contributed by atoms with Crippen molar-refractivity contribution < 1.29 is 9.84 Å². The van der Waals surface area contributed by atoms with E-state index >= 15 is 0 Å². The molecule has 0 spiro atoms. The third-order valence-electron chi connectivity index (χ3n) is 4.31. The van der Waals surface area contributed by atoms with E-state index in [1.54, 1.807) is 7.11 Å². The first kappa shape index (κ1) is 24.0. The topological polar surface area (TPSA) is 65.9 Å². The number of guanidine groups is 1. The van der Waals surface area contributed by atoms with Gasteiger partial charge >= 0.3 is 0 Å². The van der Waals surface area contributed by atoms with E-state index in [1.807, 2.05) is 26.8 Å². The van der Waals surface area contributed by atoms with E-state index < -0.39 is 5.60 Å². The van der Waals surface area contributed by atoms with Gasteiger partial charge in [-0.05, 0) is 44.7 Å². The van der Waals surface area contributed by atoms with Crippen LogP contribution in [0.2, 0.25) is 0 Å². The first-order chi connectivity index (χ1) is 11.5. The minimum atomic E-state index is -0.720. The van der Waals surface area contributed by atoms with Crippen molar-refractivity contribution in [2.45, 2.75) is 52.6 Å². The maximum absolute atomic E-state index is 10.4. The third kappa shape index (κ3) is 8.27. The molecule has 0 unspecified atom stereocenters. The Balaban J connectivity index is 0.00000576. The van der Waals surface area contributed by atoms with E-state index in [-0.39, 0.29) is 24.0 Å². The Morgan fingerprint density at radius 1 is 1.20 bits per heavy atom. The Bertz CT molecular complexity index is 531. The molecule has 0 saturated carbocycles. The molecule has 5 nitrogen and oxygen atoms in total. The Kier molecular flexibility index (Phi) is 11.8. The fraction of sp³-hybridized carbons (Fsp3) is 0.632. The van der Waals surface area contributed by atoms with Crippen molar-refractivity contribution in [3.05, 3.63) is 29.3 Å². The Morgan fingerprint density at radius 2 is 1.88 bits per heavy atom. The minimum Gasteiger partial charge on any atom is -0.496 e. The summed E-state index contributed by atoms with van der Waals surface area (Å²) in [5.41, 5.74) is 1.68. The fourth-order valence-electron chi connectivity index (χ4n) is 2.46. The molecular weight excluding hydrogens is 429 g/mol. The van der Waals surface area contributed by atoms with Gasteiger partial charge in [-0.15, -0.1) is 24.0 Å². The van der Waals surface area contributed by atoms with Crippen LogP contribution < -0.4 is 15.4 Å². The number of hydrogen-bond acceptors (Lipinski definition) is 3. The molecule has 1 aromatic rings. The van der Waals surface area contributed by atoms with Crippen molar-refractivity contribution in [1.82, 2.24) is 10.6 Å². The SMILES string of the molecule is CCNC(=NCC(O)(CC)CC)NCCc1cc(C)ccc1OC.I. The maximum Gasteiger partial charge on any atom is 0.191 e. The predicted octanol–water partition coefficient (Wildman–Crippen LogP) is 3.27. The summed E-state index contributed by atoms with van der Waals surface area (Å²) < 4.78 is 5.42. The number of ether oxygens (including phenoxy) is 1. The molecule has 0 amide bonds. The molecule has 0 bridgehead atoms. The maximum atomic E-state index is 10.4. The van der Waals surface area contributed by atoms with Crippen molar-refractivity contribution in [3.8, 4) is 5.75 Å². The first-order valence-electron chi connectivity index (χ1n) is 8.86. The molecule has 25 heavy (non-hydrogen) atoms. The number of halogens is 1.